The monoisotopic (exact) mass is 368 g/mol. The second-order valence-electron chi connectivity index (χ2n) is 6.26. The normalized spacial score (nSPS) is 11.7. The number of hydrogen-bond donors (Lipinski definition) is 0. The Morgan fingerprint density at radius 1 is 1.38 bits per heavy atom. The van der Waals surface area contributed by atoms with E-state index < -0.39 is 5.97 Å². The molecular formula is C19H18N3O3S-. The molecule has 3 rings (SSSR count). The molecule has 3 heterocycles. The van der Waals surface area contributed by atoms with Gasteiger partial charge in [-0.25, -0.2) is 9.97 Å². The van der Waals surface area contributed by atoms with E-state index in [1.165, 1.54) is 16.7 Å². The number of pyridine rings is 1. The van der Waals surface area contributed by atoms with E-state index in [2.05, 4.69) is 29.2 Å². The Balaban J connectivity index is 1.79. The van der Waals surface area contributed by atoms with E-state index in [1.54, 1.807) is 17.5 Å². The molecule has 0 radical (unpaired) electrons. The highest BCUT2D eigenvalue weighted by molar-refractivity contribution is 7.09. The number of nitrogens with zero attached hydrogens (tertiary/aromatic N) is 3. The number of aryl methyl sites for hydroxylation is 2. The summed E-state index contributed by atoms with van der Waals surface area (Å²) in [6, 6.07) is 3.74. The first kappa shape index (κ1) is 18.0. The molecule has 0 fully saturated rings. The Labute approximate surface area is 154 Å². The number of carboxylic acids is 1. The molecule has 0 atom stereocenters. The first-order chi connectivity index (χ1) is 12.4. The zero-order chi connectivity index (χ0) is 18.7. The van der Waals surface area contributed by atoms with Crippen LogP contribution in [0, 0.1) is 0 Å². The number of aromatic nitrogens is 3. The Hall–Kier alpha value is -2.80. The summed E-state index contributed by atoms with van der Waals surface area (Å²) in [5.74, 6) is -0.926. The second-order valence-corrected chi connectivity index (χ2v) is 7.20. The number of carbonyl (C=O) groups is 1. The highest BCUT2D eigenvalue weighted by atomic mass is 32.1. The molecule has 7 heteroatoms. The van der Waals surface area contributed by atoms with E-state index in [0.717, 1.165) is 35.2 Å². The van der Waals surface area contributed by atoms with Crippen LogP contribution in [0.25, 0.3) is 11.7 Å². The summed E-state index contributed by atoms with van der Waals surface area (Å²) in [5, 5.41) is 13.7. The summed E-state index contributed by atoms with van der Waals surface area (Å²) in [6.07, 6.45) is 6.70. The highest BCUT2D eigenvalue weighted by Crippen LogP contribution is 2.19. The Kier molecular flexibility index (Phi) is 5.27. The van der Waals surface area contributed by atoms with E-state index in [9.17, 15) is 14.7 Å². The van der Waals surface area contributed by atoms with E-state index in [1.807, 2.05) is 12.1 Å². The van der Waals surface area contributed by atoms with Gasteiger partial charge in [0.25, 0.3) is 5.56 Å². The van der Waals surface area contributed by atoms with Crippen LogP contribution in [0.3, 0.4) is 0 Å². The lowest BCUT2D eigenvalue weighted by atomic mass is 10.1. The number of rotatable bonds is 6. The van der Waals surface area contributed by atoms with E-state index in [4.69, 9.17) is 0 Å². The number of fused-ring (bicyclic) bond motifs is 1. The number of carbonyl (C=O) groups excluding carboxylic acids is 1. The third-order valence-electron chi connectivity index (χ3n) is 3.99. The molecule has 134 valence electrons. The van der Waals surface area contributed by atoms with Crippen LogP contribution in [0.2, 0.25) is 0 Å². The summed E-state index contributed by atoms with van der Waals surface area (Å²) in [6.45, 7) is 4.25. The van der Waals surface area contributed by atoms with E-state index in [0.29, 0.717) is 11.6 Å². The fourth-order valence-electron chi connectivity index (χ4n) is 2.52. The zero-order valence-electron chi connectivity index (χ0n) is 14.5. The molecule has 0 amide bonds. The van der Waals surface area contributed by atoms with Crippen LogP contribution in [0.4, 0.5) is 0 Å². The van der Waals surface area contributed by atoms with Gasteiger partial charge in [0, 0.05) is 24.2 Å². The maximum Gasteiger partial charge on any atom is 0.265 e. The molecular weight excluding hydrogens is 350 g/mol. The molecule has 0 saturated carbocycles. The van der Waals surface area contributed by atoms with Crippen LogP contribution in [-0.2, 0) is 17.6 Å². The van der Waals surface area contributed by atoms with Gasteiger partial charge in [-0.1, -0.05) is 13.8 Å². The molecule has 0 spiro atoms. The molecule has 0 aliphatic carbocycles. The topological polar surface area (TPSA) is 87.4 Å². The van der Waals surface area contributed by atoms with Crippen LogP contribution < -0.4 is 10.7 Å². The standard InChI is InChI=1S/C19H19N3O3S/c1-12(2)15-11-26-17(21-15)5-3-13-7-8-22-16(9-13)20-10-14(19(22)25)4-6-18(23)24/h4,6-12H,3,5H2,1-2H3,(H,23,24)/p-1/b6-4+. The lowest BCUT2D eigenvalue weighted by Gasteiger charge is -2.05. The van der Waals surface area contributed by atoms with Crippen molar-refractivity contribution >= 4 is 29.0 Å². The average molecular weight is 368 g/mol. The number of aliphatic carboxylic acids is 1. The molecule has 3 aromatic rings. The maximum absolute atomic E-state index is 12.3. The van der Waals surface area contributed by atoms with Crippen LogP contribution in [0.5, 0.6) is 0 Å². The van der Waals surface area contributed by atoms with Crippen molar-refractivity contribution in [2.45, 2.75) is 32.6 Å². The van der Waals surface area contributed by atoms with E-state index >= 15 is 0 Å². The first-order valence-corrected chi connectivity index (χ1v) is 9.15. The lowest BCUT2D eigenvalue weighted by molar-refractivity contribution is -0.297. The van der Waals surface area contributed by atoms with Crippen molar-refractivity contribution in [3.8, 4) is 0 Å². The number of hydrogen-bond acceptors (Lipinski definition) is 6. The minimum absolute atomic E-state index is 0.198. The Morgan fingerprint density at radius 3 is 2.88 bits per heavy atom. The van der Waals surface area contributed by atoms with Crippen molar-refractivity contribution in [1.82, 2.24) is 14.4 Å². The molecule has 0 aromatic carbocycles. The van der Waals surface area contributed by atoms with Gasteiger partial charge in [0.1, 0.15) is 5.65 Å². The van der Waals surface area contributed by atoms with Crippen LogP contribution >= 0.6 is 11.3 Å². The van der Waals surface area contributed by atoms with Crippen LogP contribution in [-0.4, -0.2) is 20.3 Å². The molecule has 0 N–H and O–H groups in total. The van der Waals surface area contributed by atoms with Crippen molar-refractivity contribution in [3.63, 3.8) is 0 Å². The molecule has 0 unspecified atom stereocenters. The third kappa shape index (κ3) is 4.05. The Bertz CT molecular complexity index is 1030. The Morgan fingerprint density at radius 2 is 2.19 bits per heavy atom. The van der Waals surface area contributed by atoms with Gasteiger partial charge in [0.2, 0.25) is 0 Å². The molecule has 0 aliphatic heterocycles. The summed E-state index contributed by atoms with van der Waals surface area (Å²) in [5.41, 5.74) is 2.59. The first-order valence-electron chi connectivity index (χ1n) is 8.27. The van der Waals surface area contributed by atoms with Gasteiger partial charge in [-0.3, -0.25) is 9.20 Å². The third-order valence-corrected chi connectivity index (χ3v) is 4.92. The molecule has 6 nitrogen and oxygen atoms in total. The minimum atomic E-state index is -1.35. The lowest BCUT2D eigenvalue weighted by Crippen LogP contribution is -2.20. The van der Waals surface area contributed by atoms with Gasteiger partial charge in [0.05, 0.1) is 22.2 Å². The quantitative estimate of drug-likeness (QED) is 0.620. The molecule has 0 saturated heterocycles. The smallest absolute Gasteiger partial charge is 0.265 e. The summed E-state index contributed by atoms with van der Waals surface area (Å²) in [7, 11) is 0. The van der Waals surface area contributed by atoms with Crippen molar-refractivity contribution in [2.24, 2.45) is 0 Å². The molecule has 0 aliphatic rings. The van der Waals surface area contributed by atoms with Gasteiger partial charge in [-0.15, -0.1) is 11.3 Å². The predicted molar refractivity (Wildman–Crippen MR) is 99.1 cm³/mol. The summed E-state index contributed by atoms with van der Waals surface area (Å²) < 4.78 is 1.40. The SMILES string of the molecule is CC(C)c1csc(CCc2ccn3c(=O)c(/C=C/C(=O)[O-])cnc3c2)n1. The number of thiazole rings is 1. The average Bonchev–Trinajstić information content (AvgIpc) is 3.08. The summed E-state index contributed by atoms with van der Waals surface area (Å²) >= 11 is 1.67. The van der Waals surface area contributed by atoms with Crippen molar-refractivity contribution < 1.29 is 9.90 Å². The van der Waals surface area contributed by atoms with Gasteiger partial charge in [-0.2, -0.15) is 0 Å². The van der Waals surface area contributed by atoms with E-state index in [-0.39, 0.29) is 11.1 Å². The predicted octanol–water partition coefficient (Wildman–Crippen LogP) is 1.82. The second kappa shape index (κ2) is 7.61. The largest absolute Gasteiger partial charge is 0.545 e. The molecule has 26 heavy (non-hydrogen) atoms. The maximum atomic E-state index is 12.3. The molecule has 3 aromatic heterocycles. The zero-order valence-corrected chi connectivity index (χ0v) is 15.3. The van der Waals surface area contributed by atoms with Gasteiger partial charge < -0.3 is 9.90 Å². The summed E-state index contributed by atoms with van der Waals surface area (Å²) in [4.78, 5) is 31.7. The van der Waals surface area contributed by atoms with Gasteiger partial charge >= 0.3 is 0 Å². The fourth-order valence-corrected chi connectivity index (χ4v) is 3.47. The molecule has 0 bridgehead atoms. The van der Waals surface area contributed by atoms with Crippen LogP contribution in [0.1, 0.15) is 41.6 Å². The van der Waals surface area contributed by atoms with Crippen molar-refractivity contribution in [3.05, 3.63) is 68.2 Å². The minimum Gasteiger partial charge on any atom is -0.545 e. The number of carboxylic acid groups (broad SMARTS) is 1. The highest BCUT2D eigenvalue weighted by Gasteiger charge is 2.07. The van der Waals surface area contributed by atoms with Crippen LogP contribution in [0.15, 0.2) is 40.8 Å². The van der Waals surface area contributed by atoms with Crippen molar-refractivity contribution in [1.29, 1.82) is 0 Å². The van der Waals surface area contributed by atoms with Crippen molar-refractivity contribution in [2.75, 3.05) is 0 Å². The van der Waals surface area contributed by atoms with Gasteiger partial charge in [0.15, 0.2) is 0 Å². The fraction of sp³-hybridized carbons (Fsp3) is 0.263. The van der Waals surface area contributed by atoms with Gasteiger partial charge in [-0.05, 0) is 42.2 Å².